The van der Waals surface area contributed by atoms with Crippen LogP contribution in [0.15, 0.2) is 47.4 Å². The van der Waals surface area contributed by atoms with Gasteiger partial charge in [-0.2, -0.15) is 0 Å². The molecule has 1 aliphatic rings. The molecule has 0 aromatic heterocycles. The Hall–Kier alpha value is -1.83. The summed E-state index contributed by atoms with van der Waals surface area (Å²) in [5.74, 6) is -1.03. The van der Waals surface area contributed by atoms with Gasteiger partial charge in [-0.3, -0.25) is 9.00 Å². The van der Waals surface area contributed by atoms with Crippen LogP contribution in [0.2, 0.25) is 5.02 Å². The first-order valence-electron chi connectivity index (χ1n) is 9.28. The Kier molecular flexibility index (Phi) is 9.20. The second-order valence-electron chi connectivity index (χ2n) is 7.00. The zero-order valence-electron chi connectivity index (χ0n) is 15.7. The molecule has 8 heteroatoms. The van der Waals surface area contributed by atoms with Crippen molar-refractivity contribution in [2.45, 2.75) is 49.3 Å². The van der Waals surface area contributed by atoms with Crippen molar-refractivity contribution >= 4 is 28.7 Å². The molecule has 0 saturated heterocycles. The summed E-state index contributed by atoms with van der Waals surface area (Å²) < 4.78 is 47.4. The van der Waals surface area contributed by atoms with E-state index < -0.39 is 22.9 Å². The number of hydrogen-bond donors (Lipinski definition) is 1. The van der Waals surface area contributed by atoms with Gasteiger partial charge in [0.2, 0.25) is 0 Å². The number of carbonyl (C=O) groups is 1. The Balaban J connectivity index is 0.000000253. The molecule has 0 radical (unpaired) electrons. The molecule has 0 amide bonds. The van der Waals surface area contributed by atoms with Gasteiger partial charge in [0, 0.05) is 16.3 Å². The number of halogens is 3. The summed E-state index contributed by atoms with van der Waals surface area (Å²) in [7, 11) is 0. The third-order valence-electron chi connectivity index (χ3n) is 5.02. The second-order valence-corrected chi connectivity index (χ2v) is 8.38. The highest BCUT2D eigenvalue weighted by molar-refractivity contribution is 7.79. The van der Waals surface area contributed by atoms with E-state index >= 15 is 0 Å². The van der Waals surface area contributed by atoms with Crippen molar-refractivity contribution in [3.63, 3.8) is 0 Å². The number of hydrogen-bond acceptors (Lipinski definition) is 3. The van der Waals surface area contributed by atoms with Crippen LogP contribution in [-0.4, -0.2) is 19.8 Å². The van der Waals surface area contributed by atoms with E-state index in [4.69, 9.17) is 16.7 Å². The molecule has 0 heterocycles. The van der Waals surface area contributed by atoms with Gasteiger partial charge in [0.05, 0.1) is 0 Å². The van der Waals surface area contributed by atoms with Crippen molar-refractivity contribution < 1.29 is 27.4 Å². The maximum atomic E-state index is 13.7. The lowest BCUT2D eigenvalue weighted by molar-refractivity contribution is -0.137. The van der Waals surface area contributed by atoms with E-state index in [1.54, 1.807) is 0 Å². The minimum atomic E-state index is -2.15. The van der Waals surface area contributed by atoms with Crippen LogP contribution >= 0.6 is 11.6 Å². The molecule has 1 saturated carbocycles. The molecule has 3 rings (SSSR count). The molecule has 1 aliphatic carbocycles. The Morgan fingerprint density at radius 3 is 2.28 bits per heavy atom. The maximum Gasteiger partial charge on any atom is 0.303 e. The van der Waals surface area contributed by atoms with Crippen molar-refractivity contribution in [2.75, 3.05) is 0 Å². The zero-order chi connectivity index (χ0) is 21.4. The average molecular weight is 444 g/mol. The van der Waals surface area contributed by atoms with Gasteiger partial charge < -0.3 is 9.66 Å². The van der Waals surface area contributed by atoms with Gasteiger partial charge in [-0.05, 0) is 103 Å². The fourth-order valence-corrected chi connectivity index (χ4v) is 3.95. The van der Waals surface area contributed by atoms with E-state index in [1.807, 2.05) is 0 Å². The predicted molar refractivity (Wildman–Crippen MR) is 107 cm³/mol. The maximum absolute atomic E-state index is 13.7. The predicted octanol–water partition coefficient (Wildman–Crippen LogP) is 5.68. The Morgan fingerprint density at radius 2 is 1.72 bits per heavy atom. The zero-order valence-corrected chi connectivity index (χ0v) is 17.2. The topological polar surface area (TPSA) is 77.4 Å². The van der Waals surface area contributed by atoms with Gasteiger partial charge in [0.25, 0.3) is 0 Å². The molecular weight excluding hydrogens is 422 g/mol. The van der Waals surface area contributed by atoms with Crippen LogP contribution in [0.25, 0.3) is 0 Å². The van der Waals surface area contributed by atoms with Crippen molar-refractivity contribution in [1.29, 1.82) is 0 Å². The molecule has 4 nitrogen and oxygen atoms in total. The molecule has 1 atom stereocenters. The molecule has 1 N–H and O–H groups in total. The monoisotopic (exact) mass is 443 g/mol. The molecule has 0 spiro atoms. The number of benzene rings is 2. The highest BCUT2D eigenvalue weighted by Crippen LogP contribution is 2.38. The fraction of sp³-hybridized carbons (Fsp3) is 0.381. The summed E-state index contributed by atoms with van der Waals surface area (Å²) in [5, 5.41) is 9.19. The fourth-order valence-electron chi connectivity index (χ4n) is 3.46. The van der Waals surface area contributed by atoms with Gasteiger partial charge >= 0.3 is 5.97 Å². The van der Waals surface area contributed by atoms with E-state index in [0.717, 1.165) is 31.7 Å². The molecular formula is C21H22ClF2O4S-. The average Bonchev–Trinajstić information content (AvgIpc) is 2.69. The minimum absolute atomic E-state index is 0.0665. The van der Waals surface area contributed by atoms with Crippen LogP contribution in [0.5, 0.6) is 0 Å². The molecule has 0 aliphatic heterocycles. The highest BCUT2D eigenvalue weighted by atomic mass is 35.5. The van der Waals surface area contributed by atoms with Crippen LogP contribution in [0.4, 0.5) is 8.78 Å². The van der Waals surface area contributed by atoms with Crippen molar-refractivity contribution in [1.82, 2.24) is 0 Å². The van der Waals surface area contributed by atoms with E-state index in [2.05, 4.69) is 0 Å². The Bertz CT molecular complexity index is 837. The molecule has 1 fully saturated rings. The first-order chi connectivity index (χ1) is 13.8. The van der Waals surface area contributed by atoms with Gasteiger partial charge in [-0.1, -0.05) is 11.6 Å². The highest BCUT2D eigenvalue weighted by Gasteiger charge is 2.24. The third kappa shape index (κ3) is 7.84. The lowest BCUT2D eigenvalue weighted by atomic mass is 9.77. The smallest absolute Gasteiger partial charge is 0.303 e. The summed E-state index contributed by atoms with van der Waals surface area (Å²) in [6, 6.07) is 9.58. The van der Waals surface area contributed by atoms with Crippen LogP contribution in [0.1, 0.15) is 50.0 Å². The minimum Gasteiger partial charge on any atom is -0.768 e. The third-order valence-corrected chi connectivity index (χ3v) is 5.93. The molecule has 2 aromatic carbocycles. The molecule has 1 unspecified atom stereocenters. The van der Waals surface area contributed by atoms with Crippen LogP contribution < -0.4 is 0 Å². The second kappa shape index (κ2) is 11.4. The van der Waals surface area contributed by atoms with Crippen molar-refractivity contribution in [2.24, 2.45) is 5.92 Å². The summed E-state index contributed by atoms with van der Waals surface area (Å²) >= 11 is 3.37. The largest absolute Gasteiger partial charge is 0.768 e. The van der Waals surface area contributed by atoms with E-state index in [9.17, 15) is 22.3 Å². The summed E-state index contributed by atoms with van der Waals surface area (Å²) in [6.45, 7) is 0. The Labute approximate surface area is 176 Å². The first kappa shape index (κ1) is 23.4. The summed E-state index contributed by atoms with van der Waals surface area (Å²) in [4.78, 5) is 10.8. The van der Waals surface area contributed by atoms with Gasteiger partial charge in [-0.25, -0.2) is 8.78 Å². The Morgan fingerprint density at radius 1 is 1.10 bits per heavy atom. The van der Waals surface area contributed by atoms with Crippen molar-refractivity contribution in [3.8, 4) is 0 Å². The van der Waals surface area contributed by atoms with Crippen molar-refractivity contribution in [3.05, 3.63) is 64.7 Å². The number of rotatable bonds is 5. The number of carboxylic acids is 1. The molecule has 29 heavy (non-hydrogen) atoms. The first-order valence-corrected chi connectivity index (χ1v) is 10.7. The van der Waals surface area contributed by atoms with Gasteiger partial charge in [0.15, 0.2) is 0 Å². The summed E-state index contributed by atoms with van der Waals surface area (Å²) in [5.41, 5.74) is 0.469. The normalized spacial score (nSPS) is 19.7. The van der Waals surface area contributed by atoms with Crippen LogP contribution in [-0.2, 0) is 15.9 Å². The SMILES string of the molecule is O=C(O)CCC1CCC(c2cc(F)ccc2F)CC1.O=S([O-])c1ccc(Cl)cc1. The van der Waals surface area contributed by atoms with Crippen LogP contribution in [0.3, 0.4) is 0 Å². The van der Waals surface area contributed by atoms with E-state index in [0.29, 0.717) is 22.9 Å². The van der Waals surface area contributed by atoms with Crippen LogP contribution in [0, 0.1) is 17.6 Å². The summed E-state index contributed by atoms with van der Waals surface area (Å²) in [6.07, 6.45) is 4.30. The number of carboxylic acid groups (broad SMARTS) is 1. The lowest BCUT2D eigenvalue weighted by Crippen LogP contribution is -2.15. The van der Waals surface area contributed by atoms with Gasteiger partial charge in [0.1, 0.15) is 11.6 Å². The standard InChI is InChI=1S/C15H18F2O2.C6H5ClO2S/c16-12-6-7-14(17)13(9-12)11-4-1-10(2-5-11)3-8-15(18)19;7-5-1-3-6(4-2-5)10(8)9/h6-7,9-11H,1-5,8H2,(H,18,19);1-4H,(H,8,9)/p-1. The molecule has 2 aromatic rings. The van der Waals surface area contributed by atoms with Gasteiger partial charge in [-0.15, -0.1) is 0 Å². The molecule has 158 valence electrons. The van der Waals surface area contributed by atoms with E-state index in [-0.39, 0.29) is 23.1 Å². The number of aliphatic carboxylic acids is 1. The van der Waals surface area contributed by atoms with E-state index in [1.165, 1.54) is 36.4 Å². The molecule has 0 bridgehead atoms. The lowest BCUT2D eigenvalue weighted by Gasteiger charge is -2.28. The quantitative estimate of drug-likeness (QED) is 0.603.